The zero-order valence-corrected chi connectivity index (χ0v) is 15.3. The van der Waals surface area contributed by atoms with Gasteiger partial charge in [0.05, 0.1) is 13.7 Å². The van der Waals surface area contributed by atoms with Crippen LogP contribution in [0.4, 0.5) is 0 Å². The second kappa shape index (κ2) is 9.11. The maximum absolute atomic E-state index is 12.5. The molecule has 2 aromatic rings. The van der Waals surface area contributed by atoms with Crippen LogP contribution in [-0.4, -0.2) is 30.4 Å². The number of aliphatic hydroxyl groups is 1. The molecule has 0 fully saturated rings. The summed E-state index contributed by atoms with van der Waals surface area (Å²) in [5.74, 6) is 1.49. The Morgan fingerprint density at radius 1 is 1.17 bits per heavy atom. The van der Waals surface area contributed by atoms with Gasteiger partial charge in [0.25, 0.3) is 0 Å². The standard InChI is InChI=1S/C18H19BrO3S/c1-22-16-8-4-14(5-9-16)18(23-11-10-20)12-17(21)13-2-6-15(19)7-3-13/h2-9,18,20H,10-12H2,1H3. The molecule has 0 bridgehead atoms. The summed E-state index contributed by atoms with van der Waals surface area (Å²) in [6, 6.07) is 15.1. The van der Waals surface area contributed by atoms with Crippen LogP contribution in [0, 0.1) is 0 Å². The molecule has 0 aliphatic heterocycles. The second-order valence-corrected chi connectivity index (χ2v) is 7.22. The van der Waals surface area contributed by atoms with Gasteiger partial charge in [0.2, 0.25) is 0 Å². The lowest BCUT2D eigenvalue weighted by Gasteiger charge is -2.16. The molecule has 0 aliphatic carbocycles. The maximum atomic E-state index is 12.5. The molecular weight excluding hydrogens is 376 g/mol. The number of hydrogen-bond donors (Lipinski definition) is 1. The molecule has 2 aromatic carbocycles. The highest BCUT2D eigenvalue weighted by Gasteiger charge is 2.18. The van der Waals surface area contributed by atoms with E-state index in [0.717, 1.165) is 15.8 Å². The minimum Gasteiger partial charge on any atom is -0.497 e. The summed E-state index contributed by atoms with van der Waals surface area (Å²) in [6.07, 6.45) is 0.401. The number of aliphatic hydroxyl groups excluding tert-OH is 1. The van der Waals surface area contributed by atoms with Gasteiger partial charge < -0.3 is 9.84 Å². The number of carbonyl (C=O) groups is 1. The molecule has 0 amide bonds. The van der Waals surface area contributed by atoms with Crippen LogP contribution in [0.5, 0.6) is 5.75 Å². The van der Waals surface area contributed by atoms with Crippen LogP contribution in [0.2, 0.25) is 0 Å². The van der Waals surface area contributed by atoms with Gasteiger partial charge in [0, 0.05) is 27.5 Å². The summed E-state index contributed by atoms with van der Waals surface area (Å²) in [7, 11) is 1.63. The van der Waals surface area contributed by atoms with Crippen LogP contribution in [0.25, 0.3) is 0 Å². The van der Waals surface area contributed by atoms with E-state index >= 15 is 0 Å². The van der Waals surface area contributed by atoms with E-state index in [9.17, 15) is 4.79 Å². The number of halogens is 1. The predicted molar refractivity (Wildman–Crippen MR) is 98.4 cm³/mol. The van der Waals surface area contributed by atoms with Crippen LogP contribution in [0.1, 0.15) is 27.6 Å². The number of Topliss-reactive ketones (excluding diaryl/α,β-unsaturated/α-hetero) is 1. The first-order valence-electron chi connectivity index (χ1n) is 7.29. The quantitative estimate of drug-likeness (QED) is 0.669. The average molecular weight is 395 g/mol. The van der Waals surface area contributed by atoms with E-state index in [4.69, 9.17) is 9.84 Å². The Kier molecular flexibility index (Phi) is 7.15. The van der Waals surface area contributed by atoms with Crippen molar-refractivity contribution in [1.82, 2.24) is 0 Å². The molecule has 1 unspecified atom stereocenters. The Labute approximate surface area is 149 Å². The summed E-state index contributed by atoms with van der Waals surface area (Å²) in [5.41, 5.74) is 1.77. The van der Waals surface area contributed by atoms with Gasteiger partial charge >= 0.3 is 0 Å². The third kappa shape index (κ3) is 5.37. The second-order valence-electron chi connectivity index (χ2n) is 4.99. The van der Waals surface area contributed by atoms with Gasteiger partial charge in [-0.2, -0.15) is 11.8 Å². The first-order chi connectivity index (χ1) is 11.1. The molecule has 0 heterocycles. The molecule has 0 aromatic heterocycles. The smallest absolute Gasteiger partial charge is 0.164 e. The Morgan fingerprint density at radius 2 is 1.83 bits per heavy atom. The number of ketones is 1. The Morgan fingerprint density at radius 3 is 2.39 bits per heavy atom. The van der Waals surface area contributed by atoms with E-state index in [-0.39, 0.29) is 17.6 Å². The van der Waals surface area contributed by atoms with Crippen LogP contribution >= 0.6 is 27.7 Å². The highest BCUT2D eigenvalue weighted by Crippen LogP contribution is 2.34. The van der Waals surface area contributed by atoms with E-state index in [1.807, 2.05) is 48.5 Å². The molecular formula is C18H19BrO3S. The molecule has 2 rings (SSSR count). The Hall–Kier alpha value is -1.30. The molecule has 3 nitrogen and oxygen atoms in total. The molecule has 5 heteroatoms. The summed E-state index contributed by atoms with van der Waals surface area (Å²) in [6.45, 7) is 0.101. The van der Waals surface area contributed by atoms with E-state index in [2.05, 4.69) is 15.9 Å². The normalized spacial score (nSPS) is 12.0. The third-order valence-corrected chi connectivity index (χ3v) is 5.22. The zero-order valence-electron chi connectivity index (χ0n) is 12.9. The van der Waals surface area contributed by atoms with Crippen LogP contribution in [-0.2, 0) is 0 Å². The lowest BCUT2D eigenvalue weighted by molar-refractivity contribution is 0.0982. The average Bonchev–Trinajstić information content (AvgIpc) is 2.59. The number of carbonyl (C=O) groups excluding carboxylic acids is 1. The minimum absolute atomic E-state index is 0.0178. The number of hydrogen-bond acceptors (Lipinski definition) is 4. The van der Waals surface area contributed by atoms with Gasteiger partial charge in [-0.05, 0) is 29.8 Å². The van der Waals surface area contributed by atoms with Crippen LogP contribution in [0.3, 0.4) is 0 Å². The highest BCUT2D eigenvalue weighted by atomic mass is 79.9. The summed E-state index contributed by atoms with van der Waals surface area (Å²) in [4.78, 5) is 12.5. The summed E-state index contributed by atoms with van der Waals surface area (Å²) in [5, 5.41) is 9.11. The topological polar surface area (TPSA) is 46.5 Å². The van der Waals surface area contributed by atoms with Gasteiger partial charge in [-0.15, -0.1) is 0 Å². The number of rotatable bonds is 8. The van der Waals surface area contributed by atoms with Crippen molar-refractivity contribution < 1.29 is 14.6 Å². The largest absolute Gasteiger partial charge is 0.497 e. The van der Waals surface area contributed by atoms with E-state index in [1.165, 1.54) is 0 Å². The molecule has 1 N–H and O–H groups in total. The van der Waals surface area contributed by atoms with Crippen molar-refractivity contribution in [3.8, 4) is 5.75 Å². The summed E-state index contributed by atoms with van der Waals surface area (Å²) >= 11 is 4.97. The Bertz CT molecular complexity index is 626. The van der Waals surface area contributed by atoms with Crippen molar-refractivity contribution in [2.75, 3.05) is 19.5 Å². The van der Waals surface area contributed by atoms with Crippen molar-refractivity contribution in [3.63, 3.8) is 0 Å². The number of benzene rings is 2. The van der Waals surface area contributed by atoms with Crippen molar-refractivity contribution >= 4 is 33.5 Å². The molecule has 0 spiro atoms. The molecule has 0 aliphatic rings. The fourth-order valence-corrected chi connectivity index (χ4v) is 3.48. The van der Waals surface area contributed by atoms with E-state index < -0.39 is 0 Å². The Balaban J connectivity index is 2.13. The van der Waals surface area contributed by atoms with E-state index in [0.29, 0.717) is 17.7 Å². The van der Waals surface area contributed by atoms with Gasteiger partial charge in [-0.1, -0.05) is 40.2 Å². The predicted octanol–water partition coefficient (Wildman–Crippen LogP) is 4.50. The maximum Gasteiger partial charge on any atom is 0.164 e. The van der Waals surface area contributed by atoms with Gasteiger partial charge in [-0.3, -0.25) is 4.79 Å². The number of ether oxygens (including phenoxy) is 1. The van der Waals surface area contributed by atoms with Crippen LogP contribution in [0.15, 0.2) is 53.0 Å². The molecule has 1 atom stereocenters. The monoisotopic (exact) mass is 394 g/mol. The highest BCUT2D eigenvalue weighted by molar-refractivity contribution is 9.10. The lowest BCUT2D eigenvalue weighted by Crippen LogP contribution is -2.07. The molecule has 0 saturated heterocycles. The third-order valence-electron chi connectivity index (χ3n) is 3.43. The van der Waals surface area contributed by atoms with Gasteiger partial charge in [-0.25, -0.2) is 0 Å². The van der Waals surface area contributed by atoms with Crippen LogP contribution < -0.4 is 4.74 Å². The number of methoxy groups -OCH3 is 1. The van der Waals surface area contributed by atoms with Crippen molar-refractivity contribution in [2.45, 2.75) is 11.7 Å². The minimum atomic E-state index is 0.0178. The van der Waals surface area contributed by atoms with E-state index in [1.54, 1.807) is 18.9 Å². The molecule has 23 heavy (non-hydrogen) atoms. The molecule has 0 saturated carbocycles. The van der Waals surface area contributed by atoms with Crippen molar-refractivity contribution in [1.29, 1.82) is 0 Å². The number of thioether (sulfide) groups is 1. The lowest BCUT2D eigenvalue weighted by atomic mass is 10.0. The SMILES string of the molecule is COc1ccc(C(CC(=O)c2ccc(Br)cc2)SCCO)cc1. The fraction of sp³-hybridized carbons (Fsp3) is 0.278. The zero-order chi connectivity index (χ0) is 16.7. The van der Waals surface area contributed by atoms with Crippen molar-refractivity contribution in [3.05, 3.63) is 64.1 Å². The molecule has 122 valence electrons. The van der Waals surface area contributed by atoms with Gasteiger partial charge in [0.1, 0.15) is 5.75 Å². The fourth-order valence-electron chi connectivity index (χ4n) is 2.21. The first kappa shape index (κ1) is 18.0. The van der Waals surface area contributed by atoms with Gasteiger partial charge in [0.15, 0.2) is 5.78 Å². The summed E-state index contributed by atoms with van der Waals surface area (Å²) < 4.78 is 6.13. The van der Waals surface area contributed by atoms with Crippen molar-refractivity contribution in [2.24, 2.45) is 0 Å². The molecule has 0 radical (unpaired) electrons. The first-order valence-corrected chi connectivity index (χ1v) is 9.13.